The smallest absolute Gasteiger partial charge is 0.164 e. The van der Waals surface area contributed by atoms with Crippen molar-refractivity contribution in [2.24, 2.45) is 4.99 Å². The van der Waals surface area contributed by atoms with Crippen LogP contribution >= 0.6 is 0 Å². The number of aryl methyl sites for hydroxylation is 1. The molecule has 3 heteroatoms. The summed E-state index contributed by atoms with van der Waals surface area (Å²) in [5.74, 6) is 0.765. The van der Waals surface area contributed by atoms with Crippen molar-refractivity contribution in [2.75, 3.05) is 0 Å². The van der Waals surface area contributed by atoms with E-state index in [2.05, 4.69) is 60.0 Å². The summed E-state index contributed by atoms with van der Waals surface area (Å²) in [6.07, 6.45) is 3.21. The Balaban J connectivity index is 2.38. The average molecular weight is 287 g/mol. The molecular weight excluding hydrogens is 270 g/mol. The highest BCUT2D eigenvalue weighted by molar-refractivity contribution is 6.08. The molecule has 0 aliphatic rings. The largest absolute Gasteiger partial charge is 0.291 e. The van der Waals surface area contributed by atoms with Gasteiger partial charge in [0.05, 0.1) is 11.0 Å². The van der Waals surface area contributed by atoms with Gasteiger partial charge in [-0.1, -0.05) is 37.4 Å². The molecule has 0 spiro atoms. The van der Waals surface area contributed by atoms with Gasteiger partial charge in [-0.15, -0.1) is 0 Å². The highest BCUT2D eigenvalue weighted by Gasteiger charge is 2.15. The van der Waals surface area contributed by atoms with E-state index in [0.717, 1.165) is 22.5 Å². The zero-order valence-electron chi connectivity index (χ0n) is 12.5. The van der Waals surface area contributed by atoms with Gasteiger partial charge in [0.1, 0.15) is 5.71 Å². The Morgan fingerprint density at radius 3 is 2.59 bits per heavy atom. The van der Waals surface area contributed by atoms with Crippen LogP contribution in [0.25, 0.3) is 16.7 Å². The molecule has 0 fully saturated rings. The number of hydrogen-bond acceptors (Lipinski definition) is 2. The van der Waals surface area contributed by atoms with Gasteiger partial charge < -0.3 is 0 Å². The maximum atomic E-state index is 4.75. The zero-order chi connectivity index (χ0) is 15.5. The molecule has 0 saturated heterocycles. The molecule has 0 bridgehead atoms. The summed E-state index contributed by atoms with van der Waals surface area (Å²) in [4.78, 5) is 9.05. The number of allylic oxidation sites excluding steroid dienone is 1. The molecule has 0 amide bonds. The molecule has 0 aliphatic heterocycles. The Labute approximate surface area is 130 Å². The molecule has 108 valence electrons. The van der Waals surface area contributed by atoms with Gasteiger partial charge in [-0.2, -0.15) is 0 Å². The fourth-order valence-corrected chi connectivity index (χ4v) is 2.50. The first-order valence-electron chi connectivity index (χ1n) is 7.10. The Kier molecular flexibility index (Phi) is 3.71. The van der Waals surface area contributed by atoms with Gasteiger partial charge in [0, 0.05) is 11.9 Å². The summed E-state index contributed by atoms with van der Waals surface area (Å²) < 4.78 is 2.10. The van der Waals surface area contributed by atoms with Gasteiger partial charge in [0.2, 0.25) is 0 Å². The lowest BCUT2D eigenvalue weighted by Gasteiger charge is -2.09. The van der Waals surface area contributed by atoms with Crippen LogP contribution in [-0.4, -0.2) is 15.3 Å². The van der Waals surface area contributed by atoms with Crippen LogP contribution in [0.5, 0.6) is 0 Å². The predicted octanol–water partition coefficient (Wildman–Crippen LogP) is 4.45. The lowest BCUT2D eigenvalue weighted by molar-refractivity contribution is 1.07. The zero-order valence-corrected chi connectivity index (χ0v) is 12.5. The van der Waals surface area contributed by atoms with E-state index in [1.807, 2.05) is 18.2 Å². The molecule has 0 saturated carbocycles. The van der Waals surface area contributed by atoms with Crippen molar-refractivity contribution in [3.63, 3.8) is 0 Å². The Hall–Kier alpha value is -2.94. The molecule has 0 aliphatic carbocycles. The SMILES string of the molecule is C=CN=C(C=C)c1nc2cc(C)ccc2n1-c1ccccc1. The van der Waals surface area contributed by atoms with Gasteiger partial charge in [-0.05, 0) is 42.8 Å². The van der Waals surface area contributed by atoms with Gasteiger partial charge in [-0.3, -0.25) is 9.56 Å². The second kappa shape index (κ2) is 5.82. The van der Waals surface area contributed by atoms with Crippen LogP contribution in [0.15, 0.2) is 79.0 Å². The van der Waals surface area contributed by atoms with E-state index >= 15 is 0 Å². The minimum atomic E-state index is 0.702. The van der Waals surface area contributed by atoms with Crippen molar-refractivity contribution >= 4 is 16.7 Å². The van der Waals surface area contributed by atoms with Gasteiger partial charge in [0.15, 0.2) is 5.82 Å². The topological polar surface area (TPSA) is 30.2 Å². The van der Waals surface area contributed by atoms with Crippen molar-refractivity contribution in [1.82, 2.24) is 9.55 Å². The fourth-order valence-electron chi connectivity index (χ4n) is 2.50. The third kappa shape index (κ3) is 2.37. The van der Waals surface area contributed by atoms with Crippen molar-refractivity contribution in [1.29, 1.82) is 0 Å². The quantitative estimate of drug-likeness (QED) is 0.652. The second-order valence-electron chi connectivity index (χ2n) is 5.00. The maximum absolute atomic E-state index is 4.75. The van der Waals surface area contributed by atoms with Crippen LogP contribution in [-0.2, 0) is 0 Å². The third-order valence-electron chi connectivity index (χ3n) is 3.48. The van der Waals surface area contributed by atoms with Crippen molar-refractivity contribution in [3.05, 3.63) is 85.4 Å². The van der Waals surface area contributed by atoms with E-state index in [0.29, 0.717) is 5.71 Å². The Morgan fingerprint density at radius 1 is 1.14 bits per heavy atom. The molecule has 3 nitrogen and oxygen atoms in total. The van der Waals surface area contributed by atoms with E-state index < -0.39 is 0 Å². The summed E-state index contributed by atoms with van der Waals surface area (Å²) in [5, 5.41) is 0. The van der Waals surface area contributed by atoms with Crippen molar-refractivity contribution in [2.45, 2.75) is 6.92 Å². The number of benzene rings is 2. The van der Waals surface area contributed by atoms with Crippen LogP contribution in [0.3, 0.4) is 0 Å². The Bertz CT molecular complexity index is 870. The first-order valence-corrected chi connectivity index (χ1v) is 7.10. The number of hydrogen-bond donors (Lipinski definition) is 0. The molecule has 0 N–H and O–H groups in total. The molecule has 1 heterocycles. The number of para-hydroxylation sites is 1. The highest BCUT2D eigenvalue weighted by atomic mass is 15.1. The summed E-state index contributed by atoms with van der Waals surface area (Å²) in [5.41, 5.74) is 4.91. The van der Waals surface area contributed by atoms with Gasteiger partial charge >= 0.3 is 0 Å². The van der Waals surface area contributed by atoms with Crippen LogP contribution in [0.4, 0.5) is 0 Å². The van der Waals surface area contributed by atoms with E-state index in [4.69, 9.17) is 4.98 Å². The minimum absolute atomic E-state index is 0.702. The monoisotopic (exact) mass is 287 g/mol. The van der Waals surface area contributed by atoms with Crippen LogP contribution in [0.2, 0.25) is 0 Å². The van der Waals surface area contributed by atoms with Crippen LogP contribution in [0, 0.1) is 6.92 Å². The van der Waals surface area contributed by atoms with E-state index in [1.54, 1.807) is 6.08 Å². The molecule has 0 unspecified atom stereocenters. The summed E-state index contributed by atoms with van der Waals surface area (Å²) in [6, 6.07) is 16.4. The number of rotatable bonds is 4. The van der Waals surface area contributed by atoms with Crippen LogP contribution < -0.4 is 0 Å². The van der Waals surface area contributed by atoms with Crippen molar-refractivity contribution in [3.8, 4) is 5.69 Å². The number of fused-ring (bicyclic) bond motifs is 1. The fraction of sp³-hybridized carbons (Fsp3) is 0.0526. The third-order valence-corrected chi connectivity index (χ3v) is 3.48. The second-order valence-corrected chi connectivity index (χ2v) is 5.00. The first kappa shape index (κ1) is 14.0. The first-order chi connectivity index (χ1) is 10.7. The maximum Gasteiger partial charge on any atom is 0.164 e. The lowest BCUT2D eigenvalue weighted by Crippen LogP contribution is -2.07. The number of nitrogens with zero attached hydrogens (tertiary/aromatic N) is 3. The lowest BCUT2D eigenvalue weighted by atomic mass is 10.2. The summed E-state index contributed by atoms with van der Waals surface area (Å²) in [7, 11) is 0. The standard InChI is InChI=1S/C19H17N3/c1-4-16(20-5-2)19-21-17-13-14(3)11-12-18(17)22(19)15-9-7-6-8-10-15/h4-13H,1-2H2,3H3. The van der Waals surface area contributed by atoms with E-state index in [1.165, 1.54) is 11.8 Å². The number of imidazole rings is 1. The van der Waals surface area contributed by atoms with Gasteiger partial charge in [0.25, 0.3) is 0 Å². The summed E-state index contributed by atoms with van der Waals surface area (Å²) in [6.45, 7) is 9.58. The van der Waals surface area contributed by atoms with Crippen molar-refractivity contribution < 1.29 is 0 Å². The molecule has 0 radical (unpaired) electrons. The molecule has 1 aromatic heterocycles. The number of aromatic nitrogens is 2. The Morgan fingerprint density at radius 2 is 1.91 bits per heavy atom. The molecule has 3 rings (SSSR count). The average Bonchev–Trinajstić information content (AvgIpc) is 2.91. The molecule has 0 atom stereocenters. The molecular formula is C19H17N3. The predicted molar refractivity (Wildman–Crippen MR) is 92.7 cm³/mol. The summed E-state index contributed by atoms with van der Waals surface area (Å²) >= 11 is 0. The van der Waals surface area contributed by atoms with Crippen LogP contribution in [0.1, 0.15) is 11.4 Å². The van der Waals surface area contributed by atoms with E-state index in [-0.39, 0.29) is 0 Å². The molecule has 22 heavy (non-hydrogen) atoms. The molecule has 3 aromatic rings. The minimum Gasteiger partial charge on any atom is -0.291 e. The number of aliphatic imine (C=N–C) groups is 1. The van der Waals surface area contributed by atoms with E-state index in [9.17, 15) is 0 Å². The van der Waals surface area contributed by atoms with Gasteiger partial charge in [-0.25, -0.2) is 4.98 Å². The normalized spacial score (nSPS) is 11.6. The molecule has 2 aromatic carbocycles. The highest BCUT2D eigenvalue weighted by Crippen LogP contribution is 2.23.